The first kappa shape index (κ1) is 20.4. The monoisotopic (exact) mass is 479 g/mol. The molecule has 1 saturated carbocycles. The molecule has 0 unspecified atom stereocenters. The van der Waals surface area contributed by atoms with Crippen molar-refractivity contribution in [3.8, 4) is 0 Å². The van der Waals surface area contributed by atoms with Crippen molar-refractivity contribution in [2.75, 3.05) is 0 Å². The highest BCUT2D eigenvalue weighted by Crippen LogP contribution is 2.41. The van der Waals surface area contributed by atoms with Crippen LogP contribution >= 0.6 is 11.3 Å². The van der Waals surface area contributed by atoms with Gasteiger partial charge in [0.15, 0.2) is 11.5 Å². The summed E-state index contributed by atoms with van der Waals surface area (Å²) >= 11 is 1.06. The summed E-state index contributed by atoms with van der Waals surface area (Å²) in [5.41, 5.74) is 0.821. The van der Waals surface area contributed by atoms with E-state index in [1.165, 1.54) is 21.6 Å². The summed E-state index contributed by atoms with van der Waals surface area (Å²) in [6, 6.07) is 2.43. The van der Waals surface area contributed by atoms with Crippen LogP contribution in [0, 0.1) is 6.92 Å². The van der Waals surface area contributed by atoms with Gasteiger partial charge in [-0.1, -0.05) is 0 Å². The first-order valence-corrected chi connectivity index (χ1v) is 10.9. The Morgan fingerprint density at radius 1 is 1.15 bits per heavy atom. The van der Waals surface area contributed by atoms with E-state index in [0.717, 1.165) is 35.9 Å². The van der Waals surface area contributed by atoms with Crippen molar-refractivity contribution in [3.05, 3.63) is 46.9 Å². The summed E-state index contributed by atoms with van der Waals surface area (Å²) in [5, 5.41) is 8.95. The number of aromatic nitrogens is 7. The number of fused-ring (bicyclic) bond motifs is 5. The normalized spacial score (nSPS) is 15.0. The molecule has 0 radical (unpaired) electrons. The molecule has 0 atom stereocenters. The van der Waals surface area contributed by atoms with Crippen molar-refractivity contribution < 1.29 is 22.0 Å². The van der Waals surface area contributed by atoms with E-state index in [2.05, 4.69) is 25.1 Å². The lowest BCUT2D eigenvalue weighted by atomic mass is 10.1. The van der Waals surface area contributed by atoms with Gasteiger partial charge in [-0.15, -0.1) is 16.4 Å². The maximum absolute atomic E-state index is 13.2. The summed E-state index contributed by atoms with van der Waals surface area (Å²) in [4.78, 5) is 12.9. The highest BCUT2D eigenvalue weighted by atomic mass is 32.1. The number of thiophene rings is 1. The van der Waals surface area contributed by atoms with Gasteiger partial charge in [0.05, 0.1) is 5.52 Å². The van der Waals surface area contributed by atoms with E-state index in [9.17, 15) is 22.0 Å². The van der Waals surface area contributed by atoms with Crippen molar-refractivity contribution >= 4 is 37.4 Å². The van der Waals surface area contributed by atoms with E-state index in [0.29, 0.717) is 32.6 Å². The van der Waals surface area contributed by atoms with Crippen LogP contribution in [0.1, 0.15) is 53.7 Å². The van der Waals surface area contributed by atoms with Gasteiger partial charge in [0, 0.05) is 17.0 Å². The second-order valence-electron chi connectivity index (χ2n) is 8.05. The number of hydrogen-bond acceptors (Lipinski definition) is 6. The fraction of sp³-hybridized carbons (Fsp3) is 0.350. The van der Waals surface area contributed by atoms with Gasteiger partial charge in [0.2, 0.25) is 0 Å². The van der Waals surface area contributed by atoms with Crippen LogP contribution in [-0.2, 0) is 12.7 Å². The molecule has 5 aromatic rings. The maximum Gasteiger partial charge on any atom is 0.433 e. The van der Waals surface area contributed by atoms with E-state index in [1.54, 1.807) is 6.92 Å². The van der Waals surface area contributed by atoms with Crippen molar-refractivity contribution in [2.45, 2.75) is 44.8 Å². The summed E-state index contributed by atoms with van der Waals surface area (Å²) in [6.45, 7) is 1.69. The second-order valence-corrected chi connectivity index (χ2v) is 9.05. The van der Waals surface area contributed by atoms with Crippen LogP contribution in [0.2, 0.25) is 0 Å². The van der Waals surface area contributed by atoms with E-state index >= 15 is 0 Å². The Kier molecular flexibility index (Phi) is 4.26. The molecular formula is C20H14F5N7S. The van der Waals surface area contributed by atoms with Crippen molar-refractivity contribution in [1.82, 2.24) is 34.3 Å². The average molecular weight is 479 g/mol. The van der Waals surface area contributed by atoms with E-state index in [4.69, 9.17) is 0 Å². The fourth-order valence-corrected chi connectivity index (χ4v) is 5.17. The van der Waals surface area contributed by atoms with Gasteiger partial charge in [0.25, 0.3) is 6.43 Å². The molecule has 0 aromatic carbocycles. The molecule has 33 heavy (non-hydrogen) atoms. The van der Waals surface area contributed by atoms with Crippen LogP contribution in [0.3, 0.4) is 0 Å². The molecule has 0 N–H and O–H groups in total. The molecule has 1 fully saturated rings. The summed E-state index contributed by atoms with van der Waals surface area (Å²) in [7, 11) is 0. The van der Waals surface area contributed by atoms with Gasteiger partial charge in [-0.05, 0) is 37.5 Å². The number of rotatable bonds is 4. The van der Waals surface area contributed by atoms with Crippen LogP contribution < -0.4 is 0 Å². The van der Waals surface area contributed by atoms with Crippen LogP contribution in [0.15, 0.2) is 18.5 Å². The Morgan fingerprint density at radius 3 is 2.64 bits per heavy atom. The minimum absolute atomic E-state index is 0.0993. The molecule has 170 valence electrons. The molecule has 5 aromatic heterocycles. The number of aryl methyl sites for hydroxylation is 1. The number of hydrogen-bond donors (Lipinski definition) is 0. The number of pyridine rings is 1. The number of nitrogens with zero attached hydrogens (tertiary/aromatic N) is 7. The lowest BCUT2D eigenvalue weighted by Crippen LogP contribution is -2.08. The first-order chi connectivity index (χ1) is 15.7. The fourth-order valence-electron chi connectivity index (χ4n) is 3.99. The molecule has 13 heteroatoms. The largest absolute Gasteiger partial charge is 0.433 e. The highest BCUT2D eigenvalue weighted by molar-refractivity contribution is 7.26. The van der Waals surface area contributed by atoms with Gasteiger partial charge >= 0.3 is 6.18 Å². The number of alkyl halides is 5. The average Bonchev–Trinajstić information content (AvgIpc) is 3.18. The predicted octanol–water partition coefficient (Wildman–Crippen LogP) is 5.27. The number of halogens is 5. The van der Waals surface area contributed by atoms with Crippen LogP contribution in [0.25, 0.3) is 26.1 Å². The van der Waals surface area contributed by atoms with Crippen LogP contribution in [0.5, 0.6) is 0 Å². The minimum atomic E-state index is -4.56. The standard InChI is InChI=1S/C20H14F5N7S/c1-8-4-12(20(23,24)25)27-19-14(8)15-16(33-19)18-28-13(30-32(18)7-26-15)6-31-11(9-2-3-9)5-10(29-31)17(21)22/h4-5,7,9,17H,2-3,6H2,1H3. The maximum atomic E-state index is 13.2. The molecule has 0 spiro atoms. The van der Waals surface area contributed by atoms with E-state index < -0.39 is 18.3 Å². The quantitative estimate of drug-likeness (QED) is 0.328. The van der Waals surface area contributed by atoms with Crippen molar-refractivity contribution in [1.29, 1.82) is 0 Å². The molecule has 0 aliphatic heterocycles. The van der Waals surface area contributed by atoms with Crippen LogP contribution in [0.4, 0.5) is 22.0 Å². The summed E-state index contributed by atoms with van der Waals surface area (Å²) in [6.07, 6.45) is -3.94. The lowest BCUT2D eigenvalue weighted by molar-refractivity contribution is -0.141. The Morgan fingerprint density at radius 2 is 1.94 bits per heavy atom. The second kappa shape index (κ2) is 6.89. The molecule has 6 rings (SSSR count). The molecule has 5 heterocycles. The minimum Gasteiger partial charge on any atom is -0.261 e. The molecule has 1 aliphatic carbocycles. The zero-order valence-electron chi connectivity index (χ0n) is 16.9. The molecule has 0 bridgehead atoms. The van der Waals surface area contributed by atoms with Gasteiger partial charge < -0.3 is 0 Å². The van der Waals surface area contributed by atoms with E-state index in [-0.39, 0.29) is 23.0 Å². The highest BCUT2D eigenvalue weighted by Gasteiger charge is 2.34. The molecular weight excluding hydrogens is 465 g/mol. The Labute approximate surface area is 185 Å². The molecule has 0 saturated heterocycles. The zero-order valence-corrected chi connectivity index (χ0v) is 17.8. The summed E-state index contributed by atoms with van der Waals surface area (Å²) < 4.78 is 69.4. The third-order valence-electron chi connectivity index (χ3n) is 5.64. The topological polar surface area (TPSA) is 73.8 Å². The van der Waals surface area contributed by atoms with Crippen molar-refractivity contribution in [3.63, 3.8) is 0 Å². The van der Waals surface area contributed by atoms with E-state index in [1.807, 2.05) is 0 Å². The van der Waals surface area contributed by atoms with Crippen molar-refractivity contribution in [2.24, 2.45) is 0 Å². The molecule has 7 nitrogen and oxygen atoms in total. The Bertz CT molecular complexity index is 1540. The molecule has 0 amide bonds. The zero-order chi connectivity index (χ0) is 23.1. The SMILES string of the molecule is Cc1cc(C(F)(F)F)nc2sc3c(ncn4nc(Cn5nc(C(F)F)cc5C5CC5)nc34)c12. The third-order valence-corrected chi connectivity index (χ3v) is 6.71. The lowest BCUT2D eigenvalue weighted by Gasteiger charge is -2.06. The predicted molar refractivity (Wildman–Crippen MR) is 109 cm³/mol. The third kappa shape index (κ3) is 3.33. The summed E-state index contributed by atoms with van der Waals surface area (Å²) in [5.74, 6) is 0.545. The van der Waals surface area contributed by atoms with Gasteiger partial charge in [-0.3, -0.25) is 4.68 Å². The van der Waals surface area contributed by atoms with Gasteiger partial charge in [0.1, 0.15) is 33.8 Å². The van der Waals surface area contributed by atoms with Crippen LogP contribution in [-0.4, -0.2) is 34.3 Å². The Balaban J connectivity index is 1.46. The van der Waals surface area contributed by atoms with Gasteiger partial charge in [-0.25, -0.2) is 28.2 Å². The van der Waals surface area contributed by atoms with Gasteiger partial charge in [-0.2, -0.15) is 18.3 Å². The molecule has 1 aliphatic rings. The first-order valence-electron chi connectivity index (χ1n) is 10.1. The smallest absolute Gasteiger partial charge is 0.261 e. The Hall–Kier alpha value is -3.22.